The number of rotatable bonds is 11. The first-order chi connectivity index (χ1) is 15.0. The van der Waals surface area contributed by atoms with E-state index in [9.17, 15) is 14.0 Å². The molecule has 1 unspecified atom stereocenters. The molecule has 1 N–H and O–H groups in total. The predicted molar refractivity (Wildman–Crippen MR) is 119 cm³/mol. The number of carbonyl (C=O) groups is 1. The Labute approximate surface area is 180 Å². The van der Waals surface area contributed by atoms with Crippen LogP contribution in [0.3, 0.4) is 0 Å². The number of aryl methyl sites for hydroxylation is 1. The second kappa shape index (κ2) is 11.0. The summed E-state index contributed by atoms with van der Waals surface area (Å²) in [6, 6.07) is 19.8. The van der Waals surface area contributed by atoms with Crippen LogP contribution in [-0.2, 0) is 19.6 Å². The maximum absolute atomic E-state index is 13.1. The minimum Gasteiger partial charge on any atom is -0.489 e. The van der Waals surface area contributed by atoms with Crippen LogP contribution in [0.5, 0.6) is 5.75 Å². The van der Waals surface area contributed by atoms with E-state index in [2.05, 4.69) is 0 Å². The first-order valence-electron chi connectivity index (χ1n) is 10.2. The van der Waals surface area contributed by atoms with Gasteiger partial charge in [-0.3, -0.25) is 9.59 Å². The van der Waals surface area contributed by atoms with E-state index < -0.39 is 6.17 Å². The Balaban J connectivity index is 1.54. The smallest absolute Gasteiger partial charge is 0.254 e. The summed E-state index contributed by atoms with van der Waals surface area (Å²) in [5.41, 5.74) is 2.22. The number of ether oxygens (including phenoxy) is 1. The van der Waals surface area contributed by atoms with Crippen molar-refractivity contribution in [2.24, 2.45) is 0 Å². The summed E-state index contributed by atoms with van der Waals surface area (Å²) in [7, 11) is 0. The Morgan fingerprint density at radius 2 is 1.81 bits per heavy atom. The third-order valence-electron chi connectivity index (χ3n) is 4.93. The zero-order chi connectivity index (χ0) is 22.1. The van der Waals surface area contributed by atoms with Gasteiger partial charge in [-0.15, -0.1) is 0 Å². The van der Waals surface area contributed by atoms with Gasteiger partial charge in [0, 0.05) is 24.0 Å². The Bertz CT molecular complexity index is 1060. The van der Waals surface area contributed by atoms with Crippen molar-refractivity contribution in [1.29, 1.82) is 5.41 Å². The quantitative estimate of drug-likeness (QED) is 0.363. The Morgan fingerprint density at radius 3 is 2.48 bits per heavy atom. The van der Waals surface area contributed by atoms with Gasteiger partial charge in [-0.05, 0) is 36.5 Å². The van der Waals surface area contributed by atoms with Gasteiger partial charge in [-0.2, -0.15) is 0 Å². The highest BCUT2D eigenvalue weighted by atomic mass is 19.1. The van der Waals surface area contributed by atoms with E-state index in [-0.39, 0.29) is 17.9 Å². The second-order valence-corrected chi connectivity index (χ2v) is 7.30. The molecule has 0 aliphatic carbocycles. The van der Waals surface area contributed by atoms with Gasteiger partial charge in [-0.25, -0.2) is 4.39 Å². The van der Waals surface area contributed by atoms with Crippen molar-refractivity contribution < 1.29 is 13.9 Å². The summed E-state index contributed by atoms with van der Waals surface area (Å²) in [5.74, 6) is 0.291. The highest BCUT2D eigenvalue weighted by molar-refractivity contribution is 5.95. The number of alkyl halides is 1. The van der Waals surface area contributed by atoms with Crippen LogP contribution in [0.4, 0.5) is 4.39 Å². The zero-order valence-electron chi connectivity index (χ0n) is 17.2. The third kappa shape index (κ3) is 6.74. The van der Waals surface area contributed by atoms with Crippen molar-refractivity contribution in [3.05, 3.63) is 100.0 Å². The molecule has 5 nitrogen and oxygen atoms in total. The molecular formula is C25H25FN2O3. The van der Waals surface area contributed by atoms with Crippen LogP contribution in [0.1, 0.15) is 34.3 Å². The second-order valence-electron chi connectivity index (χ2n) is 7.30. The average Bonchev–Trinajstić information content (AvgIpc) is 2.80. The number of benzene rings is 2. The molecule has 0 spiro atoms. The lowest BCUT2D eigenvalue weighted by atomic mass is 10.0. The Kier molecular flexibility index (Phi) is 7.87. The van der Waals surface area contributed by atoms with Gasteiger partial charge in [-0.1, -0.05) is 54.6 Å². The summed E-state index contributed by atoms with van der Waals surface area (Å²) < 4.78 is 20.1. The molecule has 0 fully saturated rings. The fourth-order valence-electron chi connectivity index (χ4n) is 3.14. The maximum atomic E-state index is 13.1. The topological polar surface area (TPSA) is 72.2 Å². The predicted octanol–water partition coefficient (Wildman–Crippen LogP) is 4.62. The Hall–Kier alpha value is -3.54. The average molecular weight is 420 g/mol. The van der Waals surface area contributed by atoms with Crippen LogP contribution in [-0.4, -0.2) is 22.7 Å². The van der Waals surface area contributed by atoms with Crippen molar-refractivity contribution in [3.63, 3.8) is 0 Å². The number of carbonyl (C=O) groups excluding carboxylic acids is 1. The molecule has 1 atom stereocenters. The molecule has 0 saturated heterocycles. The van der Waals surface area contributed by atoms with E-state index in [1.807, 2.05) is 42.5 Å². The number of nitrogens with one attached hydrogen (secondary N) is 1. The van der Waals surface area contributed by atoms with E-state index in [0.29, 0.717) is 37.2 Å². The minimum atomic E-state index is -1.20. The molecule has 1 heterocycles. The summed E-state index contributed by atoms with van der Waals surface area (Å²) in [4.78, 5) is 24.9. The maximum Gasteiger partial charge on any atom is 0.254 e. The summed E-state index contributed by atoms with van der Waals surface area (Å²) in [5, 5.41) is 6.87. The van der Waals surface area contributed by atoms with Crippen molar-refractivity contribution in [3.8, 4) is 5.75 Å². The van der Waals surface area contributed by atoms with Crippen molar-refractivity contribution >= 4 is 12.0 Å². The van der Waals surface area contributed by atoms with E-state index in [0.717, 1.165) is 17.3 Å². The molecule has 0 radical (unpaired) electrons. The number of ketones is 1. The minimum absolute atomic E-state index is 0.0555. The van der Waals surface area contributed by atoms with Gasteiger partial charge in [0.1, 0.15) is 18.5 Å². The van der Waals surface area contributed by atoms with E-state index in [4.69, 9.17) is 10.1 Å². The first-order valence-corrected chi connectivity index (χ1v) is 10.2. The molecule has 3 aromatic rings. The highest BCUT2D eigenvalue weighted by Gasteiger charge is 2.09. The monoisotopic (exact) mass is 420 g/mol. The number of halogens is 1. The van der Waals surface area contributed by atoms with Gasteiger partial charge in [0.2, 0.25) is 0 Å². The molecule has 0 aliphatic heterocycles. The number of pyridine rings is 1. The molecule has 0 amide bonds. The van der Waals surface area contributed by atoms with E-state index in [1.54, 1.807) is 24.4 Å². The molecule has 31 heavy (non-hydrogen) atoms. The molecular weight excluding hydrogens is 395 g/mol. The fraction of sp³-hybridized carbons (Fsp3) is 0.240. The van der Waals surface area contributed by atoms with Gasteiger partial charge in [0.15, 0.2) is 5.78 Å². The van der Waals surface area contributed by atoms with Crippen molar-refractivity contribution in [2.75, 3.05) is 0 Å². The molecule has 2 aromatic carbocycles. The van der Waals surface area contributed by atoms with Crippen LogP contribution in [0, 0.1) is 5.41 Å². The van der Waals surface area contributed by atoms with Gasteiger partial charge in [0.05, 0.1) is 6.54 Å². The normalized spacial score (nSPS) is 11.6. The van der Waals surface area contributed by atoms with Gasteiger partial charge >= 0.3 is 0 Å². The number of hydrogen-bond donors (Lipinski definition) is 1. The molecule has 6 heteroatoms. The molecule has 1 aromatic heterocycles. The fourth-order valence-corrected chi connectivity index (χ4v) is 3.14. The number of hydrogen-bond acceptors (Lipinski definition) is 4. The van der Waals surface area contributed by atoms with Crippen LogP contribution in [0.25, 0.3) is 0 Å². The number of nitrogens with zero attached hydrogens (tertiary/aromatic N) is 1. The van der Waals surface area contributed by atoms with Crippen LogP contribution < -0.4 is 10.3 Å². The van der Waals surface area contributed by atoms with Gasteiger partial charge < -0.3 is 14.7 Å². The number of aromatic nitrogens is 1. The molecule has 0 aliphatic rings. The first kappa shape index (κ1) is 22.2. The molecule has 160 valence electrons. The molecule has 0 bridgehead atoms. The zero-order valence-corrected chi connectivity index (χ0v) is 17.2. The lowest BCUT2D eigenvalue weighted by Crippen LogP contribution is -2.23. The summed E-state index contributed by atoms with van der Waals surface area (Å²) >= 11 is 0. The van der Waals surface area contributed by atoms with E-state index >= 15 is 0 Å². The summed E-state index contributed by atoms with van der Waals surface area (Å²) in [6.07, 6.45) is 2.81. The van der Waals surface area contributed by atoms with Crippen LogP contribution >= 0.6 is 0 Å². The standard InChI is InChI=1S/C25H25FN2O3/c26-22(16-27)8-4-7-19-9-11-21(12-10-19)24(29)17-28-14-13-23(15-25(28)30)31-18-20-5-2-1-3-6-20/h1-3,5-6,9-16,22,27H,4,7-8,17-18H2. The third-order valence-corrected chi connectivity index (χ3v) is 4.93. The molecule has 3 rings (SSSR count). The van der Waals surface area contributed by atoms with Gasteiger partial charge in [0.25, 0.3) is 5.56 Å². The number of Topliss-reactive ketones (excluding diaryl/α,β-unsaturated/α-hetero) is 1. The Morgan fingerprint density at radius 1 is 1.06 bits per heavy atom. The lowest BCUT2D eigenvalue weighted by Gasteiger charge is -2.09. The van der Waals surface area contributed by atoms with Crippen LogP contribution in [0.2, 0.25) is 0 Å². The van der Waals surface area contributed by atoms with Crippen molar-refractivity contribution in [1.82, 2.24) is 4.57 Å². The lowest BCUT2D eigenvalue weighted by molar-refractivity contribution is 0.0970. The largest absolute Gasteiger partial charge is 0.489 e. The van der Waals surface area contributed by atoms with Crippen molar-refractivity contribution in [2.45, 2.75) is 38.6 Å². The van der Waals surface area contributed by atoms with Crippen LogP contribution in [0.15, 0.2) is 77.7 Å². The highest BCUT2D eigenvalue weighted by Crippen LogP contribution is 2.12. The van der Waals surface area contributed by atoms with E-state index in [1.165, 1.54) is 10.6 Å². The SMILES string of the molecule is N=CC(F)CCCc1ccc(C(=O)Cn2ccc(OCc3ccccc3)cc2=O)cc1. The molecule has 0 saturated carbocycles. The summed E-state index contributed by atoms with van der Waals surface area (Å²) in [6.45, 7) is 0.308.